The average molecular weight is 267 g/mol. The smallest absolute Gasteiger partial charge is 0.299 e. The standard InChI is InChI=1S/C12H14FN3OS/c1-3-14-7-11-15-16-12(18-11)17-10-6-8(2)4-5-9(10)13/h4-6,14H,3,7H2,1-2H3. The summed E-state index contributed by atoms with van der Waals surface area (Å²) in [5.41, 5.74) is 0.934. The summed E-state index contributed by atoms with van der Waals surface area (Å²) < 4.78 is 18.9. The van der Waals surface area contributed by atoms with Crippen molar-refractivity contribution < 1.29 is 9.13 Å². The van der Waals surface area contributed by atoms with Crippen LogP contribution >= 0.6 is 11.3 Å². The minimum absolute atomic E-state index is 0.182. The van der Waals surface area contributed by atoms with Crippen LogP contribution < -0.4 is 10.1 Å². The molecule has 0 unspecified atom stereocenters. The van der Waals surface area contributed by atoms with Gasteiger partial charge in [-0.1, -0.05) is 29.4 Å². The fourth-order valence-electron chi connectivity index (χ4n) is 1.37. The van der Waals surface area contributed by atoms with Crippen LogP contribution in [0.5, 0.6) is 10.9 Å². The molecule has 0 radical (unpaired) electrons. The molecule has 2 aromatic rings. The van der Waals surface area contributed by atoms with Crippen LogP contribution in [0.1, 0.15) is 17.5 Å². The number of aryl methyl sites for hydroxylation is 1. The molecule has 1 aromatic carbocycles. The molecule has 1 N–H and O–H groups in total. The van der Waals surface area contributed by atoms with Gasteiger partial charge in [-0.05, 0) is 31.2 Å². The van der Waals surface area contributed by atoms with Gasteiger partial charge in [0.05, 0.1) is 0 Å². The lowest BCUT2D eigenvalue weighted by Crippen LogP contribution is -2.11. The summed E-state index contributed by atoms with van der Waals surface area (Å²) in [6, 6.07) is 4.71. The highest BCUT2D eigenvalue weighted by Crippen LogP contribution is 2.27. The van der Waals surface area contributed by atoms with E-state index in [4.69, 9.17) is 4.74 Å². The first-order chi connectivity index (χ1) is 8.69. The number of nitrogens with zero attached hydrogens (tertiary/aromatic N) is 2. The second kappa shape index (κ2) is 5.88. The van der Waals surface area contributed by atoms with Crippen LogP contribution in [-0.4, -0.2) is 16.7 Å². The fourth-order valence-corrected chi connectivity index (χ4v) is 2.04. The number of hydrogen-bond acceptors (Lipinski definition) is 5. The Bertz CT molecular complexity index is 530. The van der Waals surface area contributed by atoms with Gasteiger partial charge in [0.1, 0.15) is 5.01 Å². The maximum absolute atomic E-state index is 13.5. The van der Waals surface area contributed by atoms with E-state index in [1.807, 2.05) is 13.8 Å². The predicted molar refractivity (Wildman–Crippen MR) is 68.5 cm³/mol. The van der Waals surface area contributed by atoms with Gasteiger partial charge in [-0.3, -0.25) is 0 Å². The third-order valence-corrected chi connectivity index (χ3v) is 3.06. The summed E-state index contributed by atoms with van der Waals surface area (Å²) in [4.78, 5) is 0. The van der Waals surface area contributed by atoms with E-state index in [-0.39, 0.29) is 5.75 Å². The predicted octanol–water partition coefficient (Wildman–Crippen LogP) is 2.89. The van der Waals surface area contributed by atoms with Gasteiger partial charge < -0.3 is 10.1 Å². The molecule has 6 heteroatoms. The maximum Gasteiger partial charge on any atom is 0.299 e. The third kappa shape index (κ3) is 3.24. The molecule has 1 heterocycles. The molecule has 0 bridgehead atoms. The van der Waals surface area contributed by atoms with E-state index in [0.717, 1.165) is 17.1 Å². The summed E-state index contributed by atoms with van der Waals surface area (Å²) in [7, 11) is 0. The van der Waals surface area contributed by atoms with Crippen LogP contribution in [0.4, 0.5) is 4.39 Å². The molecule has 18 heavy (non-hydrogen) atoms. The normalized spacial score (nSPS) is 10.6. The van der Waals surface area contributed by atoms with E-state index < -0.39 is 5.82 Å². The molecule has 0 saturated carbocycles. The quantitative estimate of drug-likeness (QED) is 0.905. The van der Waals surface area contributed by atoms with Gasteiger partial charge in [0, 0.05) is 6.54 Å². The van der Waals surface area contributed by atoms with Gasteiger partial charge in [-0.25, -0.2) is 4.39 Å². The van der Waals surface area contributed by atoms with Gasteiger partial charge in [0.25, 0.3) is 5.19 Å². The van der Waals surface area contributed by atoms with Crippen LogP contribution in [-0.2, 0) is 6.54 Å². The minimum Gasteiger partial charge on any atom is -0.427 e. The lowest BCUT2D eigenvalue weighted by atomic mass is 10.2. The third-order valence-electron chi connectivity index (χ3n) is 2.26. The maximum atomic E-state index is 13.5. The molecule has 2 rings (SSSR count). The molecule has 4 nitrogen and oxygen atoms in total. The van der Waals surface area contributed by atoms with Crippen LogP contribution in [0.3, 0.4) is 0 Å². The van der Waals surface area contributed by atoms with E-state index in [0.29, 0.717) is 11.7 Å². The van der Waals surface area contributed by atoms with E-state index in [1.165, 1.54) is 17.4 Å². The molecule has 1 aromatic heterocycles. The number of rotatable bonds is 5. The van der Waals surface area contributed by atoms with Crippen molar-refractivity contribution in [2.75, 3.05) is 6.54 Å². The summed E-state index contributed by atoms with van der Waals surface area (Å²) in [5, 5.41) is 12.1. The van der Waals surface area contributed by atoms with Gasteiger partial charge in [-0.2, -0.15) is 0 Å². The van der Waals surface area contributed by atoms with Crippen LogP contribution in [0.2, 0.25) is 0 Å². The van der Waals surface area contributed by atoms with Crippen molar-refractivity contribution in [3.8, 4) is 10.9 Å². The molecule has 0 saturated heterocycles. The van der Waals surface area contributed by atoms with Gasteiger partial charge in [0.2, 0.25) is 0 Å². The van der Waals surface area contributed by atoms with Crippen molar-refractivity contribution in [3.63, 3.8) is 0 Å². The Hall–Kier alpha value is -1.53. The first-order valence-corrected chi connectivity index (χ1v) is 6.47. The highest BCUT2D eigenvalue weighted by Gasteiger charge is 2.09. The number of ether oxygens (including phenoxy) is 1. The van der Waals surface area contributed by atoms with Gasteiger partial charge in [0.15, 0.2) is 11.6 Å². The average Bonchev–Trinajstić information content (AvgIpc) is 2.79. The second-order valence-corrected chi connectivity index (χ2v) is 4.80. The number of nitrogens with one attached hydrogen (secondary N) is 1. The SMILES string of the molecule is CCNCc1nnc(Oc2cc(C)ccc2F)s1. The van der Waals surface area contributed by atoms with Gasteiger partial charge in [-0.15, -0.1) is 5.10 Å². The first-order valence-electron chi connectivity index (χ1n) is 5.66. The monoisotopic (exact) mass is 267 g/mol. The molecule has 0 aliphatic heterocycles. The van der Waals surface area contributed by atoms with Crippen molar-refractivity contribution in [3.05, 3.63) is 34.6 Å². The van der Waals surface area contributed by atoms with Crippen molar-refractivity contribution in [2.24, 2.45) is 0 Å². The van der Waals surface area contributed by atoms with E-state index in [1.54, 1.807) is 12.1 Å². The van der Waals surface area contributed by atoms with Crippen LogP contribution in [0, 0.1) is 12.7 Å². The molecule has 0 spiro atoms. The van der Waals surface area contributed by atoms with Crippen molar-refractivity contribution in [1.29, 1.82) is 0 Å². The Morgan fingerprint density at radius 1 is 1.39 bits per heavy atom. The molecule has 0 atom stereocenters. The summed E-state index contributed by atoms with van der Waals surface area (Å²) in [6.07, 6.45) is 0. The molecular weight excluding hydrogens is 253 g/mol. The molecule has 0 fully saturated rings. The Kier molecular flexibility index (Phi) is 4.22. The lowest BCUT2D eigenvalue weighted by Gasteiger charge is -2.03. The number of hydrogen-bond donors (Lipinski definition) is 1. The number of aromatic nitrogens is 2. The number of halogens is 1. The Morgan fingerprint density at radius 3 is 3.00 bits per heavy atom. The first kappa shape index (κ1) is 12.9. The zero-order chi connectivity index (χ0) is 13.0. The summed E-state index contributed by atoms with van der Waals surface area (Å²) >= 11 is 1.31. The fraction of sp³-hybridized carbons (Fsp3) is 0.333. The van der Waals surface area contributed by atoms with E-state index in [2.05, 4.69) is 15.5 Å². The topological polar surface area (TPSA) is 47.0 Å². The number of benzene rings is 1. The second-order valence-electron chi connectivity index (χ2n) is 3.78. The van der Waals surface area contributed by atoms with Crippen LogP contribution in [0.15, 0.2) is 18.2 Å². The Labute approximate surface area is 109 Å². The molecule has 96 valence electrons. The van der Waals surface area contributed by atoms with Gasteiger partial charge >= 0.3 is 0 Å². The Morgan fingerprint density at radius 2 is 2.22 bits per heavy atom. The summed E-state index contributed by atoms with van der Waals surface area (Å²) in [6.45, 7) is 5.40. The van der Waals surface area contributed by atoms with E-state index >= 15 is 0 Å². The molecular formula is C12H14FN3OS. The molecule has 0 aliphatic carbocycles. The Balaban J connectivity index is 2.08. The highest BCUT2D eigenvalue weighted by molar-refractivity contribution is 7.13. The van der Waals surface area contributed by atoms with Crippen molar-refractivity contribution in [2.45, 2.75) is 20.4 Å². The molecule has 0 aliphatic rings. The summed E-state index contributed by atoms with van der Waals surface area (Å²) in [5.74, 6) is -0.217. The largest absolute Gasteiger partial charge is 0.427 e. The zero-order valence-corrected chi connectivity index (χ0v) is 11.1. The van der Waals surface area contributed by atoms with Crippen LogP contribution in [0.25, 0.3) is 0 Å². The van der Waals surface area contributed by atoms with E-state index in [9.17, 15) is 4.39 Å². The molecule has 0 amide bonds. The lowest BCUT2D eigenvalue weighted by molar-refractivity contribution is 0.435. The minimum atomic E-state index is -0.399. The van der Waals surface area contributed by atoms with Crippen molar-refractivity contribution >= 4 is 11.3 Å². The van der Waals surface area contributed by atoms with Crippen molar-refractivity contribution in [1.82, 2.24) is 15.5 Å². The highest BCUT2D eigenvalue weighted by atomic mass is 32.1. The zero-order valence-electron chi connectivity index (χ0n) is 10.2.